The van der Waals surface area contributed by atoms with Gasteiger partial charge in [-0.2, -0.15) is 10.1 Å². The van der Waals surface area contributed by atoms with Crippen molar-refractivity contribution in [2.45, 2.75) is 19.4 Å². The molecule has 0 saturated heterocycles. The third-order valence-electron chi connectivity index (χ3n) is 2.24. The summed E-state index contributed by atoms with van der Waals surface area (Å²) in [5.41, 5.74) is 6.25. The normalized spacial score (nSPS) is 12.7. The molecule has 2 aromatic rings. The quantitative estimate of drug-likeness (QED) is 0.825. The summed E-state index contributed by atoms with van der Waals surface area (Å²) in [5.74, 6) is 1.59. The highest BCUT2D eigenvalue weighted by atomic mass is 16.5. The number of methoxy groups -OCH3 is 1. The summed E-state index contributed by atoms with van der Waals surface area (Å²) in [5, 5.41) is 8.05. The predicted octanol–water partition coefficient (Wildman–Crippen LogP) is 0.368. The lowest BCUT2D eigenvalue weighted by molar-refractivity contribution is 0.373. The topological polar surface area (TPSA) is 92.0 Å². The van der Waals surface area contributed by atoms with Crippen LogP contribution in [0.5, 0.6) is 5.88 Å². The first kappa shape index (κ1) is 11.6. The predicted molar refractivity (Wildman–Crippen MR) is 60.4 cm³/mol. The van der Waals surface area contributed by atoms with Crippen molar-refractivity contribution in [1.29, 1.82) is 0 Å². The number of hydrogen-bond donors (Lipinski definition) is 1. The third-order valence-corrected chi connectivity index (χ3v) is 2.24. The van der Waals surface area contributed by atoms with Crippen LogP contribution in [0.4, 0.5) is 0 Å². The average molecular weight is 237 g/mol. The van der Waals surface area contributed by atoms with E-state index in [-0.39, 0.29) is 6.04 Å². The van der Waals surface area contributed by atoms with Gasteiger partial charge in [0, 0.05) is 25.6 Å². The molecule has 0 spiro atoms. The molecule has 1 atom stereocenters. The maximum Gasteiger partial charge on any atom is 0.278 e. The molecule has 0 radical (unpaired) electrons. The Morgan fingerprint density at radius 1 is 1.59 bits per heavy atom. The molecule has 7 heteroatoms. The molecule has 0 fully saturated rings. The van der Waals surface area contributed by atoms with Crippen LogP contribution >= 0.6 is 0 Å². The molecule has 0 saturated carbocycles. The van der Waals surface area contributed by atoms with Gasteiger partial charge in [0.15, 0.2) is 11.5 Å². The van der Waals surface area contributed by atoms with E-state index in [0.717, 1.165) is 0 Å². The van der Waals surface area contributed by atoms with Gasteiger partial charge in [-0.3, -0.25) is 0 Å². The van der Waals surface area contributed by atoms with Gasteiger partial charge < -0.3 is 15.0 Å². The van der Waals surface area contributed by atoms with Crippen LogP contribution in [0, 0.1) is 0 Å². The number of aromatic nitrogens is 4. The van der Waals surface area contributed by atoms with Crippen LogP contribution in [0.25, 0.3) is 11.6 Å². The molecule has 0 aromatic carbocycles. The van der Waals surface area contributed by atoms with Crippen molar-refractivity contribution < 1.29 is 9.26 Å². The van der Waals surface area contributed by atoms with E-state index in [1.807, 2.05) is 6.92 Å². The number of nitrogens with two attached hydrogens (primary N) is 1. The first-order chi connectivity index (χ1) is 8.10. The molecule has 92 valence electrons. The van der Waals surface area contributed by atoms with Crippen LogP contribution in [0.3, 0.4) is 0 Å². The SMILES string of the molecule is COc1cc(-c2nc(CC(C)N)no2)nn1C. The van der Waals surface area contributed by atoms with Crippen molar-refractivity contribution in [3.05, 3.63) is 11.9 Å². The molecule has 1 unspecified atom stereocenters. The molecule has 2 rings (SSSR count). The Balaban J connectivity index is 2.24. The standard InChI is InChI=1S/C10H15N5O2/c1-6(11)4-8-12-10(17-14-8)7-5-9(16-3)15(2)13-7/h5-6H,4,11H2,1-3H3. The summed E-state index contributed by atoms with van der Waals surface area (Å²) in [7, 11) is 3.36. The van der Waals surface area contributed by atoms with Crippen LogP contribution in [0.2, 0.25) is 0 Å². The highest BCUT2D eigenvalue weighted by molar-refractivity contribution is 5.48. The van der Waals surface area contributed by atoms with Crippen molar-refractivity contribution in [2.75, 3.05) is 7.11 Å². The molecule has 0 amide bonds. The summed E-state index contributed by atoms with van der Waals surface area (Å²) in [6, 6.07) is 1.74. The zero-order valence-corrected chi connectivity index (χ0v) is 10.0. The fourth-order valence-electron chi connectivity index (χ4n) is 1.47. The van der Waals surface area contributed by atoms with E-state index in [9.17, 15) is 0 Å². The Bertz CT molecular complexity index is 503. The zero-order chi connectivity index (χ0) is 12.4. The molecule has 2 heterocycles. The van der Waals surface area contributed by atoms with Crippen LogP contribution in [-0.2, 0) is 13.5 Å². The van der Waals surface area contributed by atoms with Crippen LogP contribution in [0.15, 0.2) is 10.6 Å². The summed E-state index contributed by atoms with van der Waals surface area (Å²) in [4.78, 5) is 4.22. The van der Waals surface area contributed by atoms with Crippen LogP contribution in [0.1, 0.15) is 12.7 Å². The highest BCUT2D eigenvalue weighted by Gasteiger charge is 2.15. The first-order valence-corrected chi connectivity index (χ1v) is 5.26. The average Bonchev–Trinajstić information content (AvgIpc) is 2.83. The molecule has 17 heavy (non-hydrogen) atoms. The number of ether oxygens (including phenoxy) is 1. The lowest BCUT2D eigenvalue weighted by Crippen LogP contribution is -2.18. The second-order valence-corrected chi connectivity index (χ2v) is 3.89. The van der Waals surface area contributed by atoms with Crippen molar-refractivity contribution in [2.24, 2.45) is 12.8 Å². The molecule has 0 bridgehead atoms. The minimum absolute atomic E-state index is 0.00119. The Labute approximate surface area is 98.6 Å². The van der Waals surface area contributed by atoms with E-state index in [1.165, 1.54) is 0 Å². The first-order valence-electron chi connectivity index (χ1n) is 5.26. The van der Waals surface area contributed by atoms with E-state index < -0.39 is 0 Å². The van der Waals surface area contributed by atoms with Crippen molar-refractivity contribution >= 4 is 0 Å². The lowest BCUT2D eigenvalue weighted by Gasteiger charge is -1.96. The van der Waals surface area contributed by atoms with Gasteiger partial charge in [-0.1, -0.05) is 5.16 Å². The molecular weight excluding hydrogens is 222 g/mol. The monoisotopic (exact) mass is 237 g/mol. The minimum Gasteiger partial charge on any atom is -0.481 e. The van der Waals surface area contributed by atoms with E-state index >= 15 is 0 Å². The Kier molecular flexibility index (Phi) is 3.10. The van der Waals surface area contributed by atoms with Crippen molar-refractivity contribution in [1.82, 2.24) is 19.9 Å². The molecule has 7 nitrogen and oxygen atoms in total. The van der Waals surface area contributed by atoms with Gasteiger partial charge in [0.25, 0.3) is 5.89 Å². The maximum atomic E-state index is 5.66. The molecular formula is C10H15N5O2. The third kappa shape index (κ3) is 2.44. The fraction of sp³-hybridized carbons (Fsp3) is 0.500. The number of rotatable bonds is 4. The van der Waals surface area contributed by atoms with Crippen molar-refractivity contribution in [3.63, 3.8) is 0 Å². The smallest absolute Gasteiger partial charge is 0.278 e. The Morgan fingerprint density at radius 3 is 2.94 bits per heavy atom. The number of aryl methyl sites for hydroxylation is 1. The highest BCUT2D eigenvalue weighted by Crippen LogP contribution is 2.20. The second-order valence-electron chi connectivity index (χ2n) is 3.89. The van der Waals surface area contributed by atoms with Gasteiger partial charge >= 0.3 is 0 Å². The molecule has 2 N–H and O–H groups in total. The molecule has 2 aromatic heterocycles. The van der Waals surface area contributed by atoms with Gasteiger partial charge in [0.05, 0.1) is 7.11 Å². The van der Waals surface area contributed by atoms with Crippen LogP contribution < -0.4 is 10.5 Å². The van der Waals surface area contributed by atoms with Gasteiger partial charge in [0.2, 0.25) is 5.88 Å². The van der Waals surface area contributed by atoms with Gasteiger partial charge in [-0.25, -0.2) is 4.68 Å². The summed E-state index contributed by atoms with van der Waals surface area (Å²) in [6.45, 7) is 1.89. The van der Waals surface area contributed by atoms with E-state index in [2.05, 4.69) is 15.2 Å². The largest absolute Gasteiger partial charge is 0.481 e. The molecule has 0 aliphatic carbocycles. The summed E-state index contributed by atoms with van der Waals surface area (Å²) in [6.07, 6.45) is 0.577. The molecule has 0 aliphatic rings. The van der Waals surface area contributed by atoms with Gasteiger partial charge in [0.1, 0.15) is 0 Å². The van der Waals surface area contributed by atoms with E-state index in [4.69, 9.17) is 15.0 Å². The molecule has 0 aliphatic heterocycles. The van der Waals surface area contributed by atoms with Crippen LogP contribution in [-0.4, -0.2) is 33.1 Å². The van der Waals surface area contributed by atoms with E-state index in [0.29, 0.717) is 29.7 Å². The maximum absolute atomic E-state index is 5.66. The van der Waals surface area contributed by atoms with Crippen molar-refractivity contribution in [3.8, 4) is 17.5 Å². The fourth-order valence-corrected chi connectivity index (χ4v) is 1.47. The van der Waals surface area contributed by atoms with Gasteiger partial charge in [-0.15, -0.1) is 0 Å². The number of nitrogens with zero attached hydrogens (tertiary/aromatic N) is 4. The zero-order valence-electron chi connectivity index (χ0n) is 10.0. The Hall–Kier alpha value is -1.89. The number of hydrogen-bond acceptors (Lipinski definition) is 6. The Morgan fingerprint density at radius 2 is 2.35 bits per heavy atom. The van der Waals surface area contributed by atoms with Gasteiger partial charge in [-0.05, 0) is 6.92 Å². The minimum atomic E-state index is -0.00119. The second kappa shape index (κ2) is 4.54. The lowest BCUT2D eigenvalue weighted by atomic mass is 10.2. The van der Waals surface area contributed by atoms with E-state index in [1.54, 1.807) is 24.9 Å². The summed E-state index contributed by atoms with van der Waals surface area (Å²) >= 11 is 0. The summed E-state index contributed by atoms with van der Waals surface area (Å²) < 4.78 is 11.8.